The van der Waals surface area contributed by atoms with Gasteiger partial charge in [0.15, 0.2) is 0 Å². The van der Waals surface area contributed by atoms with Gasteiger partial charge in [0.05, 0.1) is 26.3 Å². The third kappa shape index (κ3) is 2.73. The van der Waals surface area contributed by atoms with E-state index < -0.39 is 0 Å². The van der Waals surface area contributed by atoms with Crippen molar-refractivity contribution in [1.29, 1.82) is 0 Å². The molecule has 0 radical (unpaired) electrons. The van der Waals surface area contributed by atoms with E-state index in [9.17, 15) is 4.79 Å². The summed E-state index contributed by atoms with van der Waals surface area (Å²) in [5, 5.41) is 4.84. The molecule has 0 amide bonds. The van der Waals surface area contributed by atoms with Crippen LogP contribution in [0.25, 0.3) is 18.3 Å². The number of H-pyrrole nitrogens is 1. The molecule has 0 aliphatic rings. The third-order valence-electron chi connectivity index (χ3n) is 3.28. The summed E-state index contributed by atoms with van der Waals surface area (Å²) in [5.74, 6) is 0. The third-order valence-corrected chi connectivity index (χ3v) is 4.02. The van der Waals surface area contributed by atoms with Crippen LogP contribution in [0.5, 0.6) is 0 Å². The van der Waals surface area contributed by atoms with E-state index in [1.807, 2.05) is 30.3 Å². The van der Waals surface area contributed by atoms with Gasteiger partial charge in [0, 0.05) is 0 Å². The molecule has 0 fully saturated rings. The van der Waals surface area contributed by atoms with Gasteiger partial charge in [-0.3, -0.25) is 9.89 Å². The van der Waals surface area contributed by atoms with Crippen LogP contribution < -0.4 is 16.1 Å². The Morgan fingerprint density at radius 3 is 2.45 bits per heavy atom. The molecule has 0 unspecified atom stereocenters. The van der Waals surface area contributed by atoms with Crippen LogP contribution in [-0.4, -0.2) is 9.78 Å². The summed E-state index contributed by atoms with van der Waals surface area (Å²) in [4.78, 5) is 12.6. The van der Waals surface area contributed by atoms with Crippen LogP contribution in [0.1, 0.15) is 5.56 Å². The van der Waals surface area contributed by atoms with Gasteiger partial charge in [-0.1, -0.05) is 60.1 Å². The van der Waals surface area contributed by atoms with Crippen molar-refractivity contribution in [2.75, 3.05) is 0 Å². The Hall–Kier alpha value is -2.23. The second-order valence-corrected chi connectivity index (χ2v) is 5.61. The number of aromatic nitrogens is 2. The van der Waals surface area contributed by atoms with Crippen LogP contribution >= 0.6 is 23.2 Å². The van der Waals surface area contributed by atoms with Gasteiger partial charge in [-0.15, -0.1) is 0 Å². The summed E-state index contributed by atoms with van der Waals surface area (Å²) in [6, 6.07) is 14.6. The van der Waals surface area contributed by atoms with Crippen molar-refractivity contribution in [3.8, 4) is 5.69 Å². The second-order valence-electron chi connectivity index (χ2n) is 4.80. The van der Waals surface area contributed by atoms with Crippen LogP contribution in [0.15, 0.2) is 53.3 Å². The molecule has 1 heterocycles. The molecule has 1 aromatic heterocycles. The zero-order valence-electron chi connectivity index (χ0n) is 11.5. The number of halogens is 2. The zero-order chi connectivity index (χ0) is 15.7. The van der Waals surface area contributed by atoms with E-state index in [0.717, 1.165) is 5.56 Å². The molecule has 110 valence electrons. The summed E-state index contributed by atoms with van der Waals surface area (Å²) in [5.41, 5.74) is 1.36. The van der Waals surface area contributed by atoms with E-state index in [2.05, 4.69) is 11.7 Å². The molecular formula is C17H12Cl2N2O. The van der Waals surface area contributed by atoms with Gasteiger partial charge >= 0.3 is 0 Å². The number of benzene rings is 2. The van der Waals surface area contributed by atoms with E-state index in [4.69, 9.17) is 23.2 Å². The Kier molecular flexibility index (Phi) is 3.92. The summed E-state index contributed by atoms with van der Waals surface area (Å²) in [6.45, 7) is 3.90. The van der Waals surface area contributed by atoms with Gasteiger partial charge in [0.1, 0.15) is 0 Å². The quantitative estimate of drug-likeness (QED) is 0.770. The van der Waals surface area contributed by atoms with Crippen molar-refractivity contribution in [2.24, 2.45) is 0 Å². The molecule has 0 aliphatic carbocycles. The number of hydrogen-bond acceptors (Lipinski definition) is 1. The molecule has 0 saturated carbocycles. The smallest absolute Gasteiger partial charge is 0.279 e. The highest BCUT2D eigenvalue weighted by Gasteiger charge is 2.07. The van der Waals surface area contributed by atoms with Crippen LogP contribution in [0.4, 0.5) is 0 Å². The van der Waals surface area contributed by atoms with Crippen LogP contribution in [0.3, 0.4) is 0 Å². The van der Waals surface area contributed by atoms with Crippen molar-refractivity contribution in [1.82, 2.24) is 9.78 Å². The Labute approximate surface area is 136 Å². The molecular weight excluding hydrogens is 319 g/mol. The van der Waals surface area contributed by atoms with E-state index >= 15 is 0 Å². The lowest BCUT2D eigenvalue weighted by Crippen LogP contribution is -2.33. The fraction of sp³-hybridized carbons (Fsp3) is 0. The van der Waals surface area contributed by atoms with Crippen molar-refractivity contribution >= 4 is 35.9 Å². The first kappa shape index (κ1) is 14.7. The normalized spacial score (nSPS) is 11.8. The molecule has 3 nitrogen and oxygen atoms in total. The lowest BCUT2D eigenvalue weighted by molar-refractivity contribution is 0.838. The van der Waals surface area contributed by atoms with Crippen LogP contribution in [0, 0.1) is 0 Å². The molecule has 1 N–H and O–H groups in total. The van der Waals surface area contributed by atoms with Gasteiger partial charge in [0.25, 0.3) is 5.56 Å². The van der Waals surface area contributed by atoms with E-state index in [0.29, 0.717) is 26.3 Å². The number of nitrogens with one attached hydrogen (secondary N) is 1. The van der Waals surface area contributed by atoms with Crippen LogP contribution in [0.2, 0.25) is 10.0 Å². The minimum atomic E-state index is -0.188. The molecule has 0 spiro atoms. The highest BCUT2D eigenvalue weighted by molar-refractivity contribution is 6.42. The lowest BCUT2D eigenvalue weighted by Gasteiger charge is -2.02. The molecule has 0 aliphatic heterocycles. The SMILES string of the molecule is C=c1[nH]n(-c2ccc(Cl)c(Cl)c2)c(=O)c1=Cc1ccccc1. The number of aromatic amines is 1. The standard InChI is InChI=1S/C17H12Cl2N2O/c1-11-14(9-12-5-3-2-4-6-12)17(22)21(20-11)13-7-8-15(18)16(19)10-13/h2-10,20H,1H2. The van der Waals surface area contributed by atoms with Gasteiger partial charge in [-0.05, 0) is 29.8 Å². The monoisotopic (exact) mass is 330 g/mol. The molecule has 2 aromatic carbocycles. The highest BCUT2D eigenvalue weighted by Crippen LogP contribution is 2.23. The minimum Gasteiger partial charge on any atom is -0.291 e. The zero-order valence-corrected chi connectivity index (χ0v) is 13.0. The van der Waals surface area contributed by atoms with Crippen LogP contribution in [-0.2, 0) is 0 Å². The largest absolute Gasteiger partial charge is 0.291 e. The summed E-state index contributed by atoms with van der Waals surface area (Å²) in [6.07, 6.45) is 1.80. The fourth-order valence-electron chi connectivity index (χ4n) is 2.17. The lowest BCUT2D eigenvalue weighted by atomic mass is 10.2. The predicted octanol–water partition coefficient (Wildman–Crippen LogP) is 2.71. The van der Waals surface area contributed by atoms with Crippen molar-refractivity contribution in [2.45, 2.75) is 0 Å². The Balaban J connectivity index is 2.19. The van der Waals surface area contributed by atoms with Gasteiger partial charge in [-0.2, -0.15) is 0 Å². The molecule has 0 bridgehead atoms. The summed E-state index contributed by atoms with van der Waals surface area (Å²) >= 11 is 11.9. The number of hydrogen-bond donors (Lipinski definition) is 1. The average Bonchev–Trinajstić information content (AvgIpc) is 2.79. The van der Waals surface area contributed by atoms with Gasteiger partial charge in [-0.25, -0.2) is 4.68 Å². The maximum atomic E-state index is 12.6. The minimum absolute atomic E-state index is 0.188. The average molecular weight is 331 g/mol. The van der Waals surface area contributed by atoms with Crippen molar-refractivity contribution < 1.29 is 0 Å². The Bertz CT molecular complexity index is 988. The molecule has 0 atom stereocenters. The first-order valence-electron chi connectivity index (χ1n) is 6.58. The maximum Gasteiger partial charge on any atom is 0.279 e. The van der Waals surface area contributed by atoms with Crippen molar-refractivity contribution in [3.05, 3.63) is 85.1 Å². The second kappa shape index (κ2) is 5.87. The molecule has 3 aromatic rings. The molecule has 3 rings (SSSR count). The number of nitrogens with zero attached hydrogens (tertiary/aromatic N) is 1. The number of rotatable bonds is 2. The molecule has 0 saturated heterocycles. The van der Waals surface area contributed by atoms with E-state index in [1.54, 1.807) is 24.3 Å². The van der Waals surface area contributed by atoms with Crippen molar-refractivity contribution in [3.63, 3.8) is 0 Å². The van der Waals surface area contributed by atoms with E-state index in [-0.39, 0.29) is 5.56 Å². The van der Waals surface area contributed by atoms with Gasteiger partial charge in [0.2, 0.25) is 0 Å². The summed E-state index contributed by atoms with van der Waals surface area (Å²) in [7, 11) is 0. The van der Waals surface area contributed by atoms with Gasteiger partial charge < -0.3 is 0 Å². The maximum absolute atomic E-state index is 12.6. The van der Waals surface area contributed by atoms with E-state index in [1.165, 1.54) is 4.68 Å². The first-order valence-corrected chi connectivity index (χ1v) is 7.34. The molecule has 5 heteroatoms. The topological polar surface area (TPSA) is 37.8 Å². The fourth-order valence-corrected chi connectivity index (χ4v) is 2.46. The summed E-state index contributed by atoms with van der Waals surface area (Å²) < 4.78 is 1.40. The highest BCUT2D eigenvalue weighted by atomic mass is 35.5. The Morgan fingerprint density at radius 2 is 1.77 bits per heavy atom. The first-order chi connectivity index (χ1) is 10.6. The molecule has 22 heavy (non-hydrogen) atoms. The Morgan fingerprint density at radius 1 is 1.05 bits per heavy atom. The predicted molar refractivity (Wildman–Crippen MR) is 91.2 cm³/mol.